The van der Waals surface area contributed by atoms with Crippen molar-refractivity contribution in [3.8, 4) is 0 Å². The van der Waals surface area contributed by atoms with Crippen LogP contribution >= 0.6 is 0 Å². The number of amides is 1. The molecule has 1 heterocycles. The van der Waals surface area contributed by atoms with Crippen LogP contribution in [0.3, 0.4) is 0 Å². The lowest BCUT2D eigenvalue weighted by Crippen LogP contribution is -2.48. The van der Waals surface area contributed by atoms with Gasteiger partial charge in [0.15, 0.2) is 0 Å². The molecule has 1 aliphatic heterocycles. The Morgan fingerprint density at radius 1 is 1.37 bits per heavy atom. The van der Waals surface area contributed by atoms with Crippen molar-refractivity contribution in [2.24, 2.45) is 17.6 Å². The molecule has 110 valence electrons. The molecule has 0 aromatic carbocycles. The van der Waals surface area contributed by atoms with Crippen molar-refractivity contribution in [2.45, 2.75) is 58.1 Å². The third-order valence-electron chi connectivity index (χ3n) is 4.62. The molecule has 2 aliphatic rings. The second-order valence-electron chi connectivity index (χ2n) is 6.20. The Hall–Kier alpha value is -0.610. The first-order chi connectivity index (χ1) is 9.11. The predicted octanol–water partition coefficient (Wildman–Crippen LogP) is 1.78. The third kappa shape index (κ3) is 3.69. The van der Waals surface area contributed by atoms with Crippen LogP contribution in [-0.4, -0.2) is 42.6 Å². The van der Waals surface area contributed by atoms with Gasteiger partial charge in [-0.2, -0.15) is 0 Å². The minimum Gasteiger partial charge on any atom is -0.376 e. The first-order valence-corrected chi connectivity index (χ1v) is 7.77. The van der Waals surface area contributed by atoms with E-state index < -0.39 is 0 Å². The zero-order chi connectivity index (χ0) is 13.8. The van der Waals surface area contributed by atoms with Gasteiger partial charge in [-0.3, -0.25) is 4.79 Å². The Balaban J connectivity index is 1.94. The van der Waals surface area contributed by atoms with Gasteiger partial charge in [0.2, 0.25) is 5.91 Å². The van der Waals surface area contributed by atoms with Crippen molar-refractivity contribution < 1.29 is 9.53 Å². The summed E-state index contributed by atoms with van der Waals surface area (Å²) >= 11 is 0. The summed E-state index contributed by atoms with van der Waals surface area (Å²) in [4.78, 5) is 14.6. The van der Waals surface area contributed by atoms with Gasteiger partial charge in [0.1, 0.15) is 0 Å². The standard InChI is InChI=1S/C15H28N2O2/c1-3-17(10-12-5-4-8-19-12)15(18)13-9-11(2)6-7-14(13)16/h11-14H,3-10,16H2,1-2H3. The van der Waals surface area contributed by atoms with Crippen LogP contribution in [-0.2, 0) is 9.53 Å². The highest BCUT2D eigenvalue weighted by Crippen LogP contribution is 2.29. The van der Waals surface area contributed by atoms with Crippen LogP contribution in [0.2, 0.25) is 0 Å². The average molecular weight is 268 g/mol. The van der Waals surface area contributed by atoms with Crippen LogP contribution in [0.25, 0.3) is 0 Å². The largest absolute Gasteiger partial charge is 0.376 e. The Morgan fingerprint density at radius 3 is 2.79 bits per heavy atom. The first kappa shape index (κ1) is 14.8. The number of hydrogen-bond donors (Lipinski definition) is 1. The van der Waals surface area contributed by atoms with E-state index in [1.54, 1.807) is 0 Å². The van der Waals surface area contributed by atoms with Gasteiger partial charge in [0.25, 0.3) is 0 Å². The van der Waals surface area contributed by atoms with Gasteiger partial charge < -0.3 is 15.4 Å². The Kier molecular flexibility index (Phi) is 5.22. The predicted molar refractivity (Wildman–Crippen MR) is 75.7 cm³/mol. The molecule has 4 atom stereocenters. The molecule has 4 unspecified atom stereocenters. The molecule has 4 nitrogen and oxygen atoms in total. The minimum atomic E-state index is 0.0186. The maximum atomic E-state index is 12.7. The van der Waals surface area contributed by atoms with E-state index in [0.29, 0.717) is 5.92 Å². The summed E-state index contributed by atoms with van der Waals surface area (Å²) in [7, 11) is 0. The summed E-state index contributed by atoms with van der Waals surface area (Å²) in [6.07, 6.45) is 5.52. The van der Waals surface area contributed by atoms with E-state index in [-0.39, 0.29) is 24.0 Å². The lowest BCUT2D eigenvalue weighted by molar-refractivity contribution is -0.139. The van der Waals surface area contributed by atoms with E-state index in [0.717, 1.165) is 51.8 Å². The molecule has 0 aromatic heterocycles. The van der Waals surface area contributed by atoms with E-state index in [1.807, 2.05) is 11.8 Å². The molecule has 19 heavy (non-hydrogen) atoms. The molecule has 1 aliphatic carbocycles. The van der Waals surface area contributed by atoms with Crippen LogP contribution in [0.15, 0.2) is 0 Å². The molecule has 2 N–H and O–H groups in total. The Labute approximate surface area is 116 Å². The van der Waals surface area contributed by atoms with Crippen molar-refractivity contribution in [2.75, 3.05) is 19.7 Å². The molecule has 1 amide bonds. The maximum absolute atomic E-state index is 12.7. The lowest BCUT2D eigenvalue weighted by atomic mass is 9.78. The van der Waals surface area contributed by atoms with Crippen LogP contribution in [0, 0.1) is 11.8 Å². The Morgan fingerprint density at radius 2 is 2.16 bits per heavy atom. The molecule has 0 bridgehead atoms. The molecule has 1 saturated carbocycles. The van der Waals surface area contributed by atoms with E-state index in [1.165, 1.54) is 0 Å². The summed E-state index contributed by atoms with van der Waals surface area (Å²) in [6, 6.07) is 0.0437. The number of nitrogens with zero attached hydrogens (tertiary/aromatic N) is 1. The summed E-state index contributed by atoms with van der Waals surface area (Å²) in [5.41, 5.74) is 6.16. The second kappa shape index (κ2) is 6.71. The fourth-order valence-electron chi connectivity index (χ4n) is 3.33. The highest BCUT2D eigenvalue weighted by Gasteiger charge is 2.34. The molecular formula is C15H28N2O2. The van der Waals surface area contributed by atoms with Crippen LogP contribution in [0.5, 0.6) is 0 Å². The molecular weight excluding hydrogens is 240 g/mol. The highest BCUT2D eigenvalue weighted by atomic mass is 16.5. The molecule has 4 heteroatoms. The van der Waals surface area contributed by atoms with Crippen molar-refractivity contribution in [3.05, 3.63) is 0 Å². The van der Waals surface area contributed by atoms with E-state index >= 15 is 0 Å². The van der Waals surface area contributed by atoms with Gasteiger partial charge in [-0.05, 0) is 44.9 Å². The maximum Gasteiger partial charge on any atom is 0.227 e. The number of carbonyl (C=O) groups is 1. The molecule has 2 rings (SSSR count). The minimum absolute atomic E-state index is 0.0186. The topological polar surface area (TPSA) is 55.6 Å². The monoisotopic (exact) mass is 268 g/mol. The lowest BCUT2D eigenvalue weighted by Gasteiger charge is -2.35. The molecule has 0 aromatic rings. The normalized spacial score (nSPS) is 35.3. The van der Waals surface area contributed by atoms with Crippen molar-refractivity contribution in [1.82, 2.24) is 4.90 Å². The Bertz CT molecular complexity index is 303. The van der Waals surface area contributed by atoms with Gasteiger partial charge in [-0.25, -0.2) is 0 Å². The number of ether oxygens (including phenoxy) is 1. The molecule has 1 saturated heterocycles. The average Bonchev–Trinajstić information content (AvgIpc) is 2.91. The van der Waals surface area contributed by atoms with Crippen molar-refractivity contribution in [1.29, 1.82) is 0 Å². The number of carbonyl (C=O) groups excluding carboxylic acids is 1. The van der Waals surface area contributed by atoms with E-state index in [2.05, 4.69) is 6.92 Å². The first-order valence-electron chi connectivity index (χ1n) is 7.77. The summed E-state index contributed by atoms with van der Waals surface area (Å²) in [5.74, 6) is 0.886. The zero-order valence-electron chi connectivity index (χ0n) is 12.3. The highest BCUT2D eigenvalue weighted by molar-refractivity contribution is 5.79. The fourth-order valence-corrected chi connectivity index (χ4v) is 3.33. The van der Waals surface area contributed by atoms with Gasteiger partial charge >= 0.3 is 0 Å². The molecule has 2 fully saturated rings. The van der Waals surface area contributed by atoms with E-state index in [9.17, 15) is 4.79 Å². The molecule has 0 radical (unpaired) electrons. The van der Waals surface area contributed by atoms with Gasteiger partial charge in [0.05, 0.1) is 12.0 Å². The SMILES string of the molecule is CCN(CC1CCCO1)C(=O)C1CC(C)CCC1N. The van der Waals surface area contributed by atoms with E-state index in [4.69, 9.17) is 10.5 Å². The third-order valence-corrected chi connectivity index (χ3v) is 4.62. The van der Waals surface area contributed by atoms with Gasteiger partial charge in [0, 0.05) is 25.7 Å². The van der Waals surface area contributed by atoms with Crippen molar-refractivity contribution >= 4 is 5.91 Å². The van der Waals surface area contributed by atoms with Crippen LogP contribution in [0.4, 0.5) is 0 Å². The number of hydrogen-bond acceptors (Lipinski definition) is 3. The molecule has 0 spiro atoms. The zero-order valence-corrected chi connectivity index (χ0v) is 12.3. The summed E-state index contributed by atoms with van der Waals surface area (Å²) in [5, 5.41) is 0. The van der Waals surface area contributed by atoms with Crippen LogP contribution in [0.1, 0.15) is 46.0 Å². The second-order valence-corrected chi connectivity index (χ2v) is 6.20. The van der Waals surface area contributed by atoms with Gasteiger partial charge in [-0.1, -0.05) is 6.92 Å². The fraction of sp³-hybridized carbons (Fsp3) is 0.933. The number of likely N-dealkylation sites (N-methyl/N-ethyl adjacent to an activating group) is 1. The van der Waals surface area contributed by atoms with Crippen LogP contribution < -0.4 is 5.73 Å². The van der Waals surface area contributed by atoms with Crippen molar-refractivity contribution in [3.63, 3.8) is 0 Å². The number of nitrogens with two attached hydrogens (primary N) is 1. The summed E-state index contributed by atoms with van der Waals surface area (Å²) < 4.78 is 5.65. The quantitative estimate of drug-likeness (QED) is 0.845. The summed E-state index contributed by atoms with van der Waals surface area (Å²) in [6.45, 7) is 6.62. The smallest absolute Gasteiger partial charge is 0.227 e. The number of rotatable bonds is 4. The van der Waals surface area contributed by atoms with Gasteiger partial charge in [-0.15, -0.1) is 0 Å².